The van der Waals surface area contributed by atoms with Gasteiger partial charge in [-0.25, -0.2) is 0 Å². The molecule has 1 rings (SSSR count). The molecule has 0 amide bonds. The summed E-state index contributed by atoms with van der Waals surface area (Å²) < 4.78 is 0. The first-order valence-corrected chi connectivity index (χ1v) is 7.58. The van der Waals surface area contributed by atoms with Crippen LogP contribution in [0.5, 0.6) is 0 Å². The largest absolute Gasteiger partial charge is 0.481 e. The fourth-order valence-electron chi connectivity index (χ4n) is 2.37. The number of carbonyl (C=O) groups is 2. The van der Waals surface area contributed by atoms with Gasteiger partial charge in [0.2, 0.25) is 0 Å². The summed E-state index contributed by atoms with van der Waals surface area (Å²) in [5.41, 5.74) is 0.743. The Kier molecular flexibility index (Phi) is 7.73. The lowest BCUT2D eigenvalue weighted by Crippen LogP contribution is -2.16. The summed E-state index contributed by atoms with van der Waals surface area (Å²) in [4.78, 5) is 31.8. The maximum Gasteiger partial charge on any atom is 0.306 e. The molecule has 0 heterocycles. The summed E-state index contributed by atoms with van der Waals surface area (Å²) in [7, 11) is 0. The van der Waals surface area contributed by atoms with Crippen molar-refractivity contribution >= 4 is 17.6 Å². The number of rotatable bonds is 11. The van der Waals surface area contributed by atoms with Gasteiger partial charge in [-0.1, -0.05) is 31.4 Å². The molecule has 0 saturated carbocycles. The van der Waals surface area contributed by atoms with E-state index >= 15 is 0 Å². The van der Waals surface area contributed by atoms with E-state index in [1.165, 1.54) is 12.1 Å². The molecule has 0 aliphatic heterocycles. The van der Waals surface area contributed by atoms with Crippen LogP contribution >= 0.6 is 0 Å². The van der Waals surface area contributed by atoms with Gasteiger partial charge in [-0.2, -0.15) is 0 Å². The van der Waals surface area contributed by atoms with Crippen molar-refractivity contribution in [3.63, 3.8) is 0 Å². The molecule has 0 aliphatic carbocycles. The highest BCUT2D eigenvalue weighted by atomic mass is 16.6. The van der Waals surface area contributed by atoms with Crippen molar-refractivity contribution in [3.8, 4) is 0 Å². The lowest BCUT2D eigenvalue weighted by atomic mass is 9.93. The number of aliphatic carboxylic acids is 2. The van der Waals surface area contributed by atoms with E-state index < -0.39 is 22.8 Å². The van der Waals surface area contributed by atoms with Crippen LogP contribution in [0.25, 0.3) is 0 Å². The topological polar surface area (TPSA) is 118 Å². The van der Waals surface area contributed by atoms with Gasteiger partial charge in [0.05, 0.1) is 10.8 Å². The van der Waals surface area contributed by atoms with Crippen molar-refractivity contribution in [2.45, 2.75) is 44.9 Å². The first-order chi connectivity index (χ1) is 10.9. The molecule has 0 aromatic heterocycles. The van der Waals surface area contributed by atoms with Crippen molar-refractivity contribution in [2.24, 2.45) is 5.92 Å². The SMILES string of the molecule is O=C(O)CCCCCCC(Cc1ccc([N+](=O)[O-])cc1)C(=O)O. The predicted octanol–water partition coefficient (Wildman–Crippen LogP) is 3.26. The molecule has 0 saturated heterocycles. The van der Waals surface area contributed by atoms with Crippen molar-refractivity contribution < 1.29 is 24.7 Å². The molecule has 126 valence electrons. The number of unbranched alkanes of at least 4 members (excludes halogenated alkanes) is 3. The van der Waals surface area contributed by atoms with Crippen LogP contribution in [0.1, 0.15) is 44.1 Å². The molecule has 0 bridgehead atoms. The van der Waals surface area contributed by atoms with E-state index in [0.717, 1.165) is 24.8 Å². The molecule has 7 nitrogen and oxygen atoms in total. The number of benzene rings is 1. The average molecular weight is 323 g/mol. The summed E-state index contributed by atoms with van der Waals surface area (Å²) >= 11 is 0. The minimum absolute atomic E-state index is 0.0148. The zero-order valence-corrected chi connectivity index (χ0v) is 12.8. The number of carboxylic acids is 2. The quantitative estimate of drug-likeness (QED) is 0.366. The minimum Gasteiger partial charge on any atom is -0.481 e. The van der Waals surface area contributed by atoms with Crippen molar-refractivity contribution in [2.75, 3.05) is 0 Å². The Morgan fingerprint density at radius 1 is 1.04 bits per heavy atom. The Morgan fingerprint density at radius 2 is 1.65 bits per heavy atom. The van der Waals surface area contributed by atoms with E-state index in [2.05, 4.69) is 0 Å². The van der Waals surface area contributed by atoms with Gasteiger partial charge in [0.25, 0.3) is 5.69 Å². The van der Waals surface area contributed by atoms with Gasteiger partial charge in [-0.05, 0) is 24.8 Å². The zero-order valence-electron chi connectivity index (χ0n) is 12.8. The Bertz CT molecular complexity index is 540. The highest BCUT2D eigenvalue weighted by Gasteiger charge is 2.18. The standard InChI is InChI=1S/C16H21NO6/c18-15(19)6-4-2-1-3-5-13(16(20)21)11-12-7-9-14(10-8-12)17(22)23/h7-10,13H,1-6,11H2,(H,18,19)(H,20,21). The van der Waals surface area contributed by atoms with Crippen LogP contribution in [0.15, 0.2) is 24.3 Å². The van der Waals surface area contributed by atoms with Crippen molar-refractivity contribution in [1.82, 2.24) is 0 Å². The first-order valence-electron chi connectivity index (χ1n) is 7.58. The molecular weight excluding hydrogens is 302 g/mol. The second-order valence-corrected chi connectivity index (χ2v) is 5.51. The molecule has 1 aromatic carbocycles. The molecule has 1 unspecified atom stereocenters. The molecule has 23 heavy (non-hydrogen) atoms. The predicted molar refractivity (Wildman–Crippen MR) is 83.3 cm³/mol. The number of hydrogen-bond donors (Lipinski definition) is 2. The smallest absolute Gasteiger partial charge is 0.306 e. The van der Waals surface area contributed by atoms with Gasteiger partial charge in [-0.3, -0.25) is 19.7 Å². The van der Waals surface area contributed by atoms with Gasteiger partial charge in [-0.15, -0.1) is 0 Å². The Balaban J connectivity index is 2.41. The molecular formula is C16H21NO6. The molecule has 0 fully saturated rings. The maximum absolute atomic E-state index is 11.3. The van der Waals surface area contributed by atoms with Gasteiger partial charge >= 0.3 is 11.9 Å². The van der Waals surface area contributed by atoms with E-state index in [-0.39, 0.29) is 12.1 Å². The lowest BCUT2D eigenvalue weighted by molar-refractivity contribution is -0.384. The summed E-state index contributed by atoms with van der Waals surface area (Å²) in [5.74, 6) is -2.23. The highest BCUT2D eigenvalue weighted by molar-refractivity contribution is 5.70. The molecule has 7 heteroatoms. The van der Waals surface area contributed by atoms with E-state index in [9.17, 15) is 24.8 Å². The van der Waals surface area contributed by atoms with Crippen LogP contribution in [-0.2, 0) is 16.0 Å². The third kappa shape index (κ3) is 7.39. The number of carboxylic acid groups (broad SMARTS) is 2. The van der Waals surface area contributed by atoms with E-state index in [0.29, 0.717) is 19.3 Å². The van der Waals surface area contributed by atoms with Crippen LogP contribution in [0.4, 0.5) is 5.69 Å². The second-order valence-electron chi connectivity index (χ2n) is 5.51. The zero-order chi connectivity index (χ0) is 17.2. The van der Waals surface area contributed by atoms with Gasteiger partial charge in [0.15, 0.2) is 0 Å². The van der Waals surface area contributed by atoms with Crippen LogP contribution in [0, 0.1) is 16.0 Å². The Morgan fingerprint density at radius 3 is 2.17 bits per heavy atom. The average Bonchev–Trinajstić information content (AvgIpc) is 2.49. The number of nitro benzene ring substituents is 1. The Labute approximate surface area is 134 Å². The third-order valence-electron chi connectivity index (χ3n) is 3.67. The summed E-state index contributed by atoms with van der Waals surface area (Å²) in [6, 6.07) is 5.92. The number of non-ortho nitro benzene ring substituents is 1. The summed E-state index contributed by atoms with van der Waals surface area (Å²) in [6.07, 6.45) is 3.90. The van der Waals surface area contributed by atoms with Crippen LogP contribution in [-0.4, -0.2) is 27.1 Å². The fourth-order valence-corrected chi connectivity index (χ4v) is 2.37. The van der Waals surface area contributed by atoms with Crippen LogP contribution in [0.3, 0.4) is 0 Å². The Hall–Kier alpha value is -2.44. The first kappa shape index (κ1) is 18.6. The van der Waals surface area contributed by atoms with Crippen LogP contribution < -0.4 is 0 Å². The number of nitro groups is 1. The molecule has 1 aromatic rings. The maximum atomic E-state index is 11.3. The lowest BCUT2D eigenvalue weighted by Gasteiger charge is -2.12. The monoisotopic (exact) mass is 323 g/mol. The van der Waals surface area contributed by atoms with Crippen LogP contribution in [0.2, 0.25) is 0 Å². The fraction of sp³-hybridized carbons (Fsp3) is 0.500. The highest BCUT2D eigenvalue weighted by Crippen LogP contribution is 2.19. The number of nitrogens with zero attached hydrogens (tertiary/aromatic N) is 1. The summed E-state index contributed by atoms with van der Waals surface area (Å²) in [6.45, 7) is 0. The van der Waals surface area contributed by atoms with Crippen molar-refractivity contribution in [3.05, 3.63) is 39.9 Å². The normalized spacial score (nSPS) is 11.8. The summed E-state index contributed by atoms with van der Waals surface area (Å²) in [5, 5.41) is 28.4. The minimum atomic E-state index is -0.881. The van der Waals surface area contributed by atoms with E-state index in [1.807, 2.05) is 0 Å². The van der Waals surface area contributed by atoms with Gasteiger partial charge < -0.3 is 10.2 Å². The van der Waals surface area contributed by atoms with Gasteiger partial charge in [0, 0.05) is 18.6 Å². The van der Waals surface area contributed by atoms with Gasteiger partial charge in [0.1, 0.15) is 0 Å². The van der Waals surface area contributed by atoms with Crippen molar-refractivity contribution in [1.29, 1.82) is 0 Å². The molecule has 0 aliphatic rings. The molecule has 0 radical (unpaired) electrons. The van der Waals surface area contributed by atoms with E-state index in [1.54, 1.807) is 12.1 Å². The number of hydrogen-bond acceptors (Lipinski definition) is 4. The molecule has 1 atom stereocenters. The second kappa shape index (κ2) is 9.55. The molecule has 2 N–H and O–H groups in total. The molecule has 0 spiro atoms. The van der Waals surface area contributed by atoms with E-state index in [4.69, 9.17) is 5.11 Å². The third-order valence-corrected chi connectivity index (χ3v) is 3.67.